The van der Waals surface area contributed by atoms with Crippen molar-refractivity contribution in [2.45, 2.75) is 25.1 Å². The first kappa shape index (κ1) is 13.1. The Hall–Kier alpha value is -1.00. The van der Waals surface area contributed by atoms with E-state index in [2.05, 4.69) is 25.1 Å². The van der Waals surface area contributed by atoms with Crippen molar-refractivity contribution in [3.8, 4) is 0 Å². The lowest BCUT2D eigenvalue weighted by molar-refractivity contribution is -0.137. The summed E-state index contributed by atoms with van der Waals surface area (Å²) in [5.41, 5.74) is 7.95. The van der Waals surface area contributed by atoms with E-state index in [0.717, 1.165) is 12.2 Å². The van der Waals surface area contributed by atoms with E-state index in [4.69, 9.17) is 10.8 Å². The molecule has 0 aromatic heterocycles. The zero-order valence-corrected chi connectivity index (χ0v) is 10.2. The maximum atomic E-state index is 10.5. The van der Waals surface area contributed by atoms with Gasteiger partial charge < -0.3 is 10.8 Å². The number of aliphatic carboxylic acids is 1. The molecule has 3 N–H and O–H groups in total. The van der Waals surface area contributed by atoms with E-state index in [1.807, 2.05) is 6.07 Å². The molecule has 4 heteroatoms. The van der Waals surface area contributed by atoms with Crippen LogP contribution in [0.15, 0.2) is 24.3 Å². The third-order valence-electron chi connectivity index (χ3n) is 2.28. The van der Waals surface area contributed by atoms with Gasteiger partial charge in [0.15, 0.2) is 0 Å². The molecule has 1 atom stereocenters. The molecular weight excluding hydrogens is 222 g/mol. The standard InChI is InChI=1S/C12H17NO2S/c1-2-9-4-3-5-10(6-9)7-16-8-11(13)12(14)15/h3-6,11H,2,7-8,13H2,1H3,(H,14,15)/t11-/m0/s1. The van der Waals surface area contributed by atoms with Crippen LogP contribution in [0.1, 0.15) is 18.1 Å². The molecule has 0 saturated carbocycles. The molecule has 0 radical (unpaired) electrons. The number of carboxylic acid groups (broad SMARTS) is 1. The molecule has 1 aromatic carbocycles. The minimum absolute atomic E-state index is 0.450. The molecule has 0 heterocycles. The maximum absolute atomic E-state index is 10.5. The number of hydrogen-bond acceptors (Lipinski definition) is 3. The van der Waals surface area contributed by atoms with Gasteiger partial charge in [0, 0.05) is 11.5 Å². The van der Waals surface area contributed by atoms with Crippen LogP contribution in [-0.4, -0.2) is 22.9 Å². The molecule has 0 fully saturated rings. The molecule has 1 rings (SSSR count). The number of benzene rings is 1. The van der Waals surface area contributed by atoms with E-state index in [9.17, 15) is 4.79 Å². The lowest BCUT2D eigenvalue weighted by atomic mass is 10.1. The summed E-state index contributed by atoms with van der Waals surface area (Å²) in [5, 5.41) is 8.62. The average molecular weight is 239 g/mol. The summed E-state index contributed by atoms with van der Waals surface area (Å²) in [6.45, 7) is 2.12. The highest BCUT2D eigenvalue weighted by atomic mass is 32.2. The molecule has 0 aliphatic rings. The van der Waals surface area contributed by atoms with Crippen LogP contribution >= 0.6 is 11.8 Å². The second kappa shape index (κ2) is 6.55. The Kier molecular flexibility index (Phi) is 5.35. The Balaban J connectivity index is 2.39. The second-order valence-corrected chi connectivity index (χ2v) is 4.66. The molecule has 0 spiro atoms. The Morgan fingerprint density at radius 2 is 2.19 bits per heavy atom. The van der Waals surface area contributed by atoms with E-state index in [1.165, 1.54) is 11.1 Å². The molecular formula is C12H17NO2S. The quantitative estimate of drug-likeness (QED) is 0.795. The molecule has 0 bridgehead atoms. The zero-order chi connectivity index (χ0) is 12.0. The van der Waals surface area contributed by atoms with Gasteiger partial charge in [0.25, 0.3) is 0 Å². The highest BCUT2D eigenvalue weighted by Gasteiger charge is 2.10. The number of nitrogens with two attached hydrogens (primary N) is 1. The fraction of sp³-hybridized carbons (Fsp3) is 0.417. The first-order chi connectivity index (χ1) is 7.63. The monoisotopic (exact) mass is 239 g/mol. The van der Waals surface area contributed by atoms with Crippen molar-refractivity contribution in [3.05, 3.63) is 35.4 Å². The Labute approximate surface area is 100 Å². The topological polar surface area (TPSA) is 63.3 Å². The van der Waals surface area contributed by atoms with E-state index in [1.54, 1.807) is 11.8 Å². The molecule has 0 unspecified atom stereocenters. The molecule has 16 heavy (non-hydrogen) atoms. The van der Waals surface area contributed by atoms with Gasteiger partial charge in [-0.25, -0.2) is 0 Å². The third-order valence-corrected chi connectivity index (χ3v) is 3.42. The highest BCUT2D eigenvalue weighted by molar-refractivity contribution is 7.98. The predicted molar refractivity (Wildman–Crippen MR) is 67.6 cm³/mol. The van der Waals surface area contributed by atoms with E-state index in [-0.39, 0.29) is 0 Å². The number of rotatable bonds is 6. The van der Waals surface area contributed by atoms with Crippen molar-refractivity contribution in [2.75, 3.05) is 5.75 Å². The lowest BCUT2D eigenvalue weighted by Gasteiger charge is -2.06. The number of aryl methyl sites for hydroxylation is 1. The molecule has 0 amide bonds. The van der Waals surface area contributed by atoms with Crippen molar-refractivity contribution in [1.29, 1.82) is 0 Å². The number of hydrogen-bond donors (Lipinski definition) is 2. The van der Waals surface area contributed by atoms with Gasteiger partial charge in [-0.3, -0.25) is 4.79 Å². The number of carbonyl (C=O) groups is 1. The summed E-state index contributed by atoms with van der Waals surface area (Å²) in [5.74, 6) is 0.329. The summed E-state index contributed by atoms with van der Waals surface area (Å²) < 4.78 is 0. The molecule has 3 nitrogen and oxygen atoms in total. The Morgan fingerprint density at radius 3 is 2.81 bits per heavy atom. The van der Waals surface area contributed by atoms with Crippen LogP contribution in [0.2, 0.25) is 0 Å². The SMILES string of the molecule is CCc1cccc(CSC[C@H](N)C(=O)O)c1. The van der Waals surface area contributed by atoms with Crippen LogP contribution in [0.25, 0.3) is 0 Å². The van der Waals surface area contributed by atoms with Gasteiger partial charge in [-0.15, -0.1) is 0 Å². The first-order valence-electron chi connectivity index (χ1n) is 5.27. The minimum atomic E-state index is -0.935. The molecule has 0 saturated heterocycles. The van der Waals surface area contributed by atoms with Crippen molar-refractivity contribution in [2.24, 2.45) is 5.73 Å². The predicted octanol–water partition coefficient (Wildman–Crippen LogP) is 1.89. The van der Waals surface area contributed by atoms with Crippen LogP contribution in [0.4, 0.5) is 0 Å². The summed E-state index contributed by atoms with van der Waals surface area (Å²) in [6.07, 6.45) is 1.02. The van der Waals surface area contributed by atoms with Crippen molar-refractivity contribution < 1.29 is 9.90 Å². The van der Waals surface area contributed by atoms with Gasteiger partial charge in [0.05, 0.1) is 0 Å². The van der Waals surface area contributed by atoms with Gasteiger partial charge >= 0.3 is 5.97 Å². The molecule has 0 aliphatic heterocycles. The lowest BCUT2D eigenvalue weighted by Crippen LogP contribution is -2.32. The van der Waals surface area contributed by atoms with Crippen molar-refractivity contribution in [1.82, 2.24) is 0 Å². The Morgan fingerprint density at radius 1 is 1.50 bits per heavy atom. The zero-order valence-electron chi connectivity index (χ0n) is 9.35. The summed E-state index contributed by atoms with van der Waals surface area (Å²) >= 11 is 1.56. The van der Waals surface area contributed by atoms with Crippen LogP contribution in [-0.2, 0) is 17.0 Å². The first-order valence-corrected chi connectivity index (χ1v) is 6.43. The number of thioether (sulfide) groups is 1. The number of carboxylic acids is 1. The molecule has 1 aromatic rings. The minimum Gasteiger partial charge on any atom is -0.480 e. The maximum Gasteiger partial charge on any atom is 0.321 e. The van der Waals surface area contributed by atoms with Crippen LogP contribution in [0, 0.1) is 0 Å². The Bertz CT molecular complexity index is 355. The summed E-state index contributed by atoms with van der Waals surface area (Å²) in [6, 6.07) is 7.57. The smallest absolute Gasteiger partial charge is 0.321 e. The van der Waals surface area contributed by atoms with E-state index >= 15 is 0 Å². The van der Waals surface area contributed by atoms with Crippen LogP contribution in [0.3, 0.4) is 0 Å². The van der Waals surface area contributed by atoms with Crippen molar-refractivity contribution in [3.63, 3.8) is 0 Å². The van der Waals surface area contributed by atoms with Gasteiger partial charge in [-0.1, -0.05) is 31.2 Å². The second-order valence-electron chi connectivity index (χ2n) is 3.63. The fourth-order valence-corrected chi connectivity index (χ4v) is 2.24. The van der Waals surface area contributed by atoms with Gasteiger partial charge in [-0.2, -0.15) is 11.8 Å². The van der Waals surface area contributed by atoms with E-state index in [0.29, 0.717) is 5.75 Å². The van der Waals surface area contributed by atoms with Gasteiger partial charge in [0.1, 0.15) is 6.04 Å². The van der Waals surface area contributed by atoms with E-state index < -0.39 is 12.0 Å². The van der Waals surface area contributed by atoms with Crippen LogP contribution < -0.4 is 5.73 Å². The normalized spacial score (nSPS) is 12.4. The largest absolute Gasteiger partial charge is 0.480 e. The fourth-order valence-electron chi connectivity index (χ4n) is 1.31. The molecule has 88 valence electrons. The summed E-state index contributed by atoms with van der Waals surface area (Å²) in [7, 11) is 0. The molecule has 0 aliphatic carbocycles. The average Bonchev–Trinajstić information content (AvgIpc) is 2.29. The van der Waals surface area contributed by atoms with Gasteiger partial charge in [0.2, 0.25) is 0 Å². The van der Waals surface area contributed by atoms with Crippen LogP contribution in [0.5, 0.6) is 0 Å². The van der Waals surface area contributed by atoms with Gasteiger partial charge in [-0.05, 0) is 17.5 Å². The third kappa shape index (κ3) is 4.24. The highest BCUT2D eigenvalue weighted by Crippen LogP contribution is 2.14. The van der Waals surface area contributed by atoms with Crippen molar-refractivity contribution >= 4 is 17.7 Å². The summed E-state index contributed by atoms with van der Waals surface area (Å²) in [4.78, 5) is 10.5.